The topological polar surface area (TPSA) is 65.5 Å². The van der Waals surface area contributed by atoms with Crippen LogP contribution >= 0.6 is 11.3 Å². The van der Waals surface area contributed by atoms with E-state index in [1.165, 1.54) is 16.2 Å². The second-order valence-electron chi connectivity index (χ2n) is 6.73. The van der Waals surface area contributed by atoms with Crippen LogP contribution in [0.5, 0.6) is 0 Å². The van der Waals surface area contributed by atoms with Crippen LogP contribution in [0.3, 0.4) is 0 Å². The lowest BCUT2D eigenvalue weighted by Gasteiger charge is -2.34. The molecule has 1 saturated heterocycles. The Morgan fingerprint density at radius 1 is 1.07 bits per heavy atom. The number of hydrogen-bond acceptors (Lipinski definition) is 5. The van der Waals surface area contributed by atoms with Crippen molar-refractivity contribution in [2.45, 2.75) is 0 Å². The minimum absolute atomic E-state index is 0.145. The highest BCUT2D eigenvalue weighted by molar-refractivity contribution is 7.22. The standard InChI is InChI=1S/C20H18F2N4O2S/c21-13-5-6-14(15(22)11-13)19(28)26-9-7-25(8-10-26)12-18(27)24-20-23-16-3-1-2-4-17(16)29-20/h1-6,11H,7-10,12H2,(H,23,24,27). The summed E-state index contributed by atoms with van der Waals surface area (Å²) in [5, 5.41) is 3.36. The first-order valence-corrected chi connectivity index (χ1v) is 9.93. The molecule has 1 aromatic heterocycles. The van der Waals surface area contributed by atoms with Crippen molar-refractivity contribution >= 4 is 38.5 Å². The predicted octanol–water partition coefficient (Wildman–Crippen LogP) is 2.97. The Kier molecular flexibility index (Phi) is 5.50. The number of carbonyl (C=O) groups excluding carboxylic acids is 2. The van der Waals surface area contributed by atoms with Gasteiger partial charge in [-0.2, -0.15) is 0 Å². The fourth-order valence-corrected chi connectivity index (χ4v) is 4.11. The van der Waals surface area contributed by atoms with Crippen LogP contribution in [0.1, 0.15) is 10.4 Å². The highest BCUT2D eigenvalue weighted by Crippen LogP contribution is 2.25. The summed E-state index contributed by atoms with van der Waals surface area (Å²) in [6, 6.07) is 10.6. The van der Waals surface area contributed by atoms with E-state index in [1.54, 1.807) is 0 Å². The van der Waals surface area contributed by atoms with E-state index in [4.69, 9.17) is 0 Å². The van der Waals surface area contributed by atoms with E-state index in [2.05, 4.69) is 10.3 Å². The van der Waals surface area contributed by atoms with Crippen molar-refractivity contribution in [1.29, 1.82) is 0 Å². The molecule has 150 valence electrons. The van der Waals surface area contributed by atoms with Gasteiger partial charge in [0.1, 0.15) is 11.6 Å². The van der Waals surface area contributed by atoms with E-state index in [9.17, 15) is 18.4 Å². The first kappa shape index (κ1) is 19.4. The number of para-hydroxylation sites is 1. The van der Waals surface area contributed by atoms with Gasteiger partial charge in [-0.1, -0.05) is 23.5 Å². The van der Waals surface area contributed by atoms with Gasteiger partial charge < -0.3 is 10.2 Å². The second-order valence-corrected chi connectivity index (χ2v) is 7.76. The maximum absolute atomic E-state index is 13.8. The van der Waals surface area contributed by atoms with Crippen molar-refractivity contribution < 1.29 is 18.4 Å². The van der Waals surface area contributed by atoms with Gasteiger partial charge in [0.15, 0.2) is 5.13 Å². The maximum Gasteiger partial charge on any atom is 0.256 e. The van der Waals surface area contributed by atoms with Gasteiger partial charge in [-0.15, -0.1) is 0 Å². The summed E-state index contributed by atoms with van der Waals surface area (Å²) < 4.78 is 27.9. The highest BCUT2D eigenvalue weighted by atomic mass is 32.1. The number of benzene rings is 2. The summed E-state index contributed by atoms with van der Waals surface area (Å²) in [7, 11) is 0. The summed E-state index contributed by atoms with van der Waals surface area (Å²) in [6.45, 7) is 1.89. The van der Waals surface area contributed by atoms with E-state index in [0.717, 1.165) is 22.3 Å². The third kappa shape index (κ3) is 4.41. The smallest absolute Gasteiger partial charge is 0.256 e. The number of aromatic nitrogens is 1. The molecular formula is C20H18F2N4O2S. The Bertz CT molecular complexity index is 1030. The first-order chi connectivity index (χ1) is 14.0. The van der Waals surface area contributed by atoms with Crippen molar-refractivity contribution in [3.05, 3.63) is 59.7 Å². The van der Waals surface area contributed by atoms with Crippen molar-refractivity contribution in [3.8, 4) is 0 Å². The molecule has 2 heterocycles. The number of amides is 2. The lowest BCUT2D eigenvalue weighted by atomic mass is 10.1. The molecule has 1 aliphatic heterocycles. The average molecular weight is 416 g/mol. The number of nitrogens with one attached hydrogen (secondary N) is 1. The summed E-state index contributed by atoms with van der Waals surface area (Å²) in [5.74, 6) is -2.23. The summed E-state index contributed by atoms with van der Waals surface area (Å²) in [4.78, 5) is 32.6. The van der Waals surface area contributed by atoms with Crippen LogP contribution in [0.15, 0.2) is 42.5 Å². The monoisotopic (exact) mass is 416 g/mol. The van der Waals surface area contributed by atoms with Crippen molar-refractivity contribution in [2.75, 3.05) is 38.0 Å². The van der Waals surface area contributed by atoms with Crippen molar-refractivity contribution in [3.63, 3.8) is 0 Å². The van der Waals surface area contributed by atoms with E-state index >= 15 is 0 Å². The van der Waals surface area contributed by atoms with Gasteiger partial charge in [-0.05, 0) is 24.3 Å². The Balaban J connectivity index is 1.30. The molecule has 2 amide bonds. The zero-order valence-corrected chi connectivity index (χ0v) is 16.2. The molecule has 1 aliphatic rings. The normalized spacial score (nSPS) is 14.9. The van der Waals surface area contributed by atoms with Gasteiger partial charge in [0.05, 0.1) is 22.3 Å². The van der Waals surface area contributed by atoms with Gasteiger partial charge in [-0.25, -0.2) is 13.8 Å². The molecule has 2 aromatic carbocycles. The number of carbonyl (C=O) groups is 2. The third-order valence-corrected chi connectivity index (χ3v) is 5.68. The Morgan fingerprint density at radius 3 is 2.55 bits per heavy atom. The molecule has 0 spiro atoms. The molecule has 1 fully saturated rings. The summed E-state index contributed by atoms with van der Waals surface area (Å²) in [6.07, 6.45) is 0. The zero-order valence-electron chi connectivity index (χ0n) is 15.4. The van der Waals surface area contributed by atoms with Crippen molar-refractivity contribution in [2.24, 2.45) is 0 Å². The minimum Gasteiger partial charge on any atom is -0.336 e. The molecule has 9 heteroatoms. The van der Waals surface area contributed by atoms with Gasteiger partial charge in [0, 0.05) is 32.2 Å². The number of anilines is 1. The number of rotatable bonds is 4. The lowest BCUT2D eigenvalue weighted by Crippen LogP contribution is -2.50. The van der Waals surface area contributed by atoms with Crippen LogP contribution in [0.4, 0.5) is 13.9 Å². The Labute approximate surface area is 169 Å². The maximum atomic E-state index is 13.8. The van der Waals surface area contributed by atoms with E-state index < -0.39 is 17.5 Å². The molecule has 0 saturated carbocycles. The van der Waals surface area contributed by atoms with Crippen LogP contribution in [0.25, 0.3) is 10.2 Å². The number of piperazine rings is 1. The SMILES string of the molecule is O=C(CN1CCN(C(=O)c2ccc(F)cc2F)CC1)Nc1nc2ccccc2s1. The fourth-order valence-electron chi connectivity index (χ4n) is 3.23. The van der Waals surface area contributed by atoms with E-state index in [-0.39, 0.29) is 18.0 Å². The molecule has 0 unspecified atom stereocenters. The quantitative estimate of drug-likeness (QED) is 0.710. The molecule has 6 nitrogen and oxygen atoms in total. The van der Waals surface area contributed by atoms with Gasteiger partial charge in [-0.3, -0.25) is 14.5 Å². The summed E-state index contributed by atoms with van der Waals surface area (Å²) in [5.41, 5.74) is 0.696. The lowest BCUT2D eigenvalue weighted by molar-refractivity contribution is -0.117. The largest absolute Gasteiger partial charge is 0.336 e. The number of halogens is 2. The van der Waals surface area contributed by atoms with Crippen LogP contribution in [-0.4, -0.2) is 59.3 Å². The Hall–Kier alpha value is -2.91. The minimum atomic E-state index is -0.868. The Morgan fingerprint density at radius 2 is 1.83 bits per heavy atom. The molecule has 3 aromatic rings. The van der Waals surface area contributed by atoms with E-state index in [0.29, 0.717) is 37.4 Å². The summed E-state index contributed by atoms with van der Waals surface area (Å²) >= 11 is 1.42. The average Bonchev–Trinajstić information content (AvgIpc) is 3.10. The number of nitrogens with zero attached hydrogens (tertiary/aromatic N) is 3. The molecule has 4 rings (SSSR count). The van der Waals surface area contributed by atoms with Gasteiger partial charge in [0.25, 0.3) is 5.91 Å². The molecule has 0 radical (unpaired) electrons. The van der Waals surface area contributed by atoms with Gasteiger partial charge >= 0.3 is 0 Å². The highest BCUT2D eigenvalue weighted by Gasteiger charge is 2.25. The number of thiazole rings is 1. The number of hydrogen-bond donors (Lipinski definition) is 1. The number of fused-ring (bicyclic) bond motifs is 1. The molecule has 29 heavy (non-hydrogen) atoms. The molecule has 0 atom stereocenters. The van der Waals surface area contributed by atoms with Crippen LogP contribution in [0.2, 0.25) is 0 Å². The zero-order chi connectivity index (χ0) is 20.4. The van der Waals surface area contributed by atoms with Crippen LogP contribution in [0, 0.1) is 11.6 Å². The third-order valence-electron chi connectivity index (χ3n) is 4.73. The molecular weight excluding hydrogens is 398 g/mol. The molecule has 1 N–H and O–H groups in total. The molecule has 0 aliphatic carbocycles. The van der Waals surface area contributed by atoms with Crippen LogP contribution in [-0.2, 0) is 4.79 Å². The van der Waals surface area contributed by atoms with Crippen molar-refractivity contribution in [1.82, 2.24) is 14.8 Å². The molecule has 0 bridgehead atoms. The van der Waals surface area contributed by atoms with Crippen LogP contribution < -0.4 is 5.32 Å². The second kappa shape index (κ2) is 8.22. The fraction of sp³-hybridized carbons (Fsp3) is 0.250. The van der Waals surface area contributed by atoms with E-state index in [1.807, 2.05) is 29.2 Å². The van der Waals surface area contributed by atoms with Gasteiger partial charge in [0.2, 0.25) is 5.91 Å². The first-order valence-electron chi connectivity index (χ1n) is 9.12. The predicted molar refractivity (Wildman–Crippen MR) is 107 cm³/mol.